The van der Waals surface area contributed by atoms with Gasteiger partial charge >= 0.3 is 0 Å². The second-order valence-corrected chi connectivity index (χ2v) is 7.51. The molecule has 0 bridgehead atoms. The lowest BCUT2D eigenvalue weighted by Crippen LogP contribution is -2.46. The van der Waals surface area contributed by atoms with Crippen LogP contribution < -0.4 is 10.6 Å². The van der Waals surface area contributed by atoms with E-state index in [1.54, 1.807) is 0 Å². The van der Waals surface area contributed by atoms with Gasteiger partial charge in [0.15, 0.2) is 0 Å². The van der Waals surface area contributed by atoms with Gasteiger partial charge in [-0.15, -0.1) is 0 Å². The largest absolute Gasteiger partial charge is 0.371 e. The van der Waals surface area contributed by atoms with E-state index >= 15 is 0 Å². The number of nitrogens with two attached hydrogens (primary N) is 1. The van der Waals surface area contributed by atoms with Gasteiger partial charge in [-0.25, -0.2) is 0 Å². The number of nitrogens with zero attached hydrogens (tertiary/aromatic N) is 1. The zero-order valence-electron chi connectivity index (χ0n) is 12.9. The Morgan fingerprint density at radius 1 is 1.30 bits per heavy atom. The van der Waals surface area contributed by atoms with E-state index in [0.29, 0.717) is 17.4 Å². The van der Waals surface area contributed by atoms with E-state index in [9.17, 15) is 0 Å². The molecule has 2 atom stereocenters. The van der Waals surface area contributed by atoms with Crippen LogP contribution in [0, 0.1) is 11.3 Å². The molecule has 1 saturated carbocycles. The Morgan fingerprint density at radius 2 is 2.10 bits per heavy atom. The average molecular weight is 272 g/mol. The summed E-state index contributed by atoms with van der Waals surface area (Å²) in [6.07, 6.45) is 6.25. The van der Waals surface area contributed by atoms with Gasteiger partial charge < -0.3 is 10.6 Å². The van der Waals surface area contributed by atoms with Crippen molar-refractivity contribution in [1.29, 1.82) is 0 Å². The van der Waals surface area contributed by atoms with Gasteiger partial charge in [0, 0.05) is 24.8 Å². The lowest BCUT2D eigenvalue weighted by atomic mass is 9.70. The fourth-order valence-corrected chi connectivity index (χ4v) is 4.04. The van der Waals surface area contributed by atoms with E-state index in [4.69, 9.17) is 5.73 Å². The van der Waals surface area contributed by atoms with Crippen LogP contribution in [0.2, 0.25) is 0 Å². The lowest BCUT2D eigenvalue weighted by Gasteiger charge is -2.43. The van der Waals surface area contributed by atoms with Crippen molar-refractivity contribution in [1.82, 2.24) is 0 Å². The van der Waals surface area contributed by atoms with Gasteiger partial charge in [-0.3, -0.25) is 0 Å². The van der Waals surface area contributed by atoms with Crippen LogP contribution in [0.25, 0.3) is 0 Å². The molecular weight excluding hydrogens is 244 g/mol. The molecule has 0 radical (unpaired) electrons. The van der Waals surface area contributed by atoms with E-state index in [1.165, 1.54) is 49.9 Å². The Morgan fingerprint density at radius 3 is 2.95 bits per heavy atom. The molecule has 1 aliphatic carbocycles. The van der Waals surface area contributed by atoms with Gasteiger partial charge in [0.25, 0.3) is 0 Å². The number of benzene rings is 1. The van der Waals surface area contributed by atoms with E-state index in [-0.39, 0.29) is 0 Å². The van der Waals surface area contributed by atoms with Crippen molar-refractivity contribution < 1.29 is 0 Å². The minimum absolute atomic E-state index is 0.386. The maximum absolute atomic E-state index is 6.41. The molecule has 2 N–H and O–H groups in total. The summed E-state index contributed by atoms with van der Waals surface area (Å²) < 4.78 is 0. The first-order chi connectivity index (χ1) is 9.55. The van der Waals surface area contributed by atoms with Gasteiger partial charge in [-0.2, -0.15) is 0 Å². The minimum Gasteiger partial charge on any atom is -0.371 e. The first kappa shape index (κ1) is 13.9. The molecular formula is C18H28N2. The smallest absolute Gasteiger partial charge is 0.0398 e. The van der Waals surface area contributed by atoms with E-state index in [0.717, 1.165) is 6.54 Å². The molecule has 2 unspecified atom stereocenters. The van der Waals surface area contributed by atoms with Crippen LogP contribution in [0.3, 0.4) is 0 Å². The molecule has 1 heterocycles. The van der Waals surface area contributed by atoms with Crippen LogP contribution in [0.15, 0.2) is 24.3 Å². The van der Waals surface area contributed by atoms with Crippen LogP contribution in [-0.2, 0) is 6.42 Å². The van der Waals surface area contributed by atoms with Crippen LogP contribution >= 0.6 is 0 Å². The second kappa shape index (κ2) is 5.40. The molecule has 1 fully saturated rings. The van der Waals surface area contributed by atoms with Crippen molar-refractivity contribution >= 4 is 5.69 Å². The first-order valence-corrected chi connectivity index (χ1v) is 8.14. The lowest BCUT2D eigenvalue weighted by molar-refractivity contribution is 0.160. The molecule has 2 nitrogen and oxygen atoms in total. The van der Waals surface area contributed by atoms with Gasteiger partial charge in [0.05, 0.1) is 0 Å². The third-order valence-corrected chi connectivity index (χ3v) is 5.24. The minimum atomic E-state index is 0.386. The monoisotopic (exact) mass is 272 g/mol. The molecule has 0 saturated heterocycles. The van der Waals surface area contributed by atoms with Gasteiger partial charge in [-0.1, -0.05) is 32.0 Å². The number of rotatable bonds is 2. The van der Waals surface area contributed by atoms with Crippen LogP contribution in [0.4, 0.5) is 5.69 Å². The molecule has 1 aromatic carbocycles. The highest BCUT2D eigenvalue weighted by molar-refractivity contribution is 5.55. The van der Waals surface area contributed by atoms with E-state index in [1.807, 2.05) is 0 Å². The number of fused-ring (bicyclic) bond motifs is 1. The Balaban J connectivity index is 1.75. The Labute approximate surface area is 123 Å². The SMILES string of the molecule is CC1(C)CCC(N)C(CN2CCCc3ccccc32)C1. The molecule has 2 heteroatoms. The maximum atomic E-state index is 6.41. The quantitative estimate of drug-likeness (QED) is 0.891. The highest BCUT2D eigenvalue weighted by Gasteiger charge is 2.34. The van der Waals surface area contributed by atoms with Gasteiger partial charge in [0.2, 0.25) is 0 Å². The predicted octanol–water partition coefficient (Wildman–Crippen LogP) is 3.59. The van der Waals surface area contributed by atoms with E-state index < -0.39 is 0 Å². The van der Waals surface area contributed by atoms with Crippen LogP contribution in [-0.4, -0.2) is 19.1 Å². The Bertz CT molecular complexity index is 466. The van der Waals surface area contributed by atoms with Gasteiger partial charge in [-0.05, 0) is 55.1 Å². The number of aryl methyl sites for hydroxylation is 1. The topological polar surface area (TPSA) is 29.3 Å². The molecule has 3 rings (SSSR count). The summed E-state index contributed by atoms with van der Waals surface area (Å²) in [6.45, 7) is 7.13. The Kier molecular flexibility index (Phi) is 3.76. The van der Waals surface area contributed by atoms with Crippen LogP contribution in [0.1, 0.15) is 45.1 Å². The fourth-order valence-electron chi connectivity index (χ4n) is 4.04. The summed E-state index contributed by atoms with van der Waals surface area (Å²) in [5.41, 5.74) is 9.85. The van der Waals surface area contributed by atoms with Crippen molar-refractivity contribution in [3.63, 3.8) is 0 Å². The third kappa shape index (κ3) is 2.85. The van der Waals surface area contributed by atoms with Crippen LogP contribution in [0.5, 0.6) is 0 Å². The number of anilines is 1. The maximum Gasteiger partial charge on any atom is 0.0398 e. The fraction of sp³-hybridized carbons (Fsp3) is 0.667. The van der Waals surface area contributed by atoms with Crippen molar-refractivity contribution in [2.24, 2.45) is 17.1 Å². The summed E-state index contributed by atoms with van der Waals surface area (Å²) in [7, 11) is 0. The highest BCUT2D eigenvalue weighted by atomic mass is 15.1. The summed E-state index contributed by atoms with van der Waals surface area (Å²) in [5, 5.41) is 0. The van der Waals surface area contributed by atoms with Crippen molar-refractivity contribution in [2.45, 2.75) is 52.0 Å². The molecule has 0 spiro atoms. The molecule has 20 heavy (non-hydrogen) atoms. The van der Waals surface area contributed by atoms with Crippen molar-refractivity contribution in [3.8, 4) is 0 Å². The zero-order chi connectivity index (χ0) is 14.2. The van der Waals surface area contributed by atoms with Crippen molar-refractivity contribution in [3.05, 3.63) is 29.8 Å². The second-order valence-electron chi connectivity index (χ2n) is 7.51. The Hall–Kier alpha value is -1.02. The molecule has 2 aliphatic rings. The number of para-hydroxylation sites is 1. The highest BCUT2D eigenvalue weighted by Crippen LogP contribution is 2.39. The molecule has 110 valence electrons. The third-order valence-electron chi connectivity index (χ3n) is 5.24. The number of hydrogen-bond donors (Lipinski definition) is 1. The van der Waals surface area contributed by atoms with Gasteiger partial charge in [0.1, 0.15) is 0 Å². The normalized spacial score (nSPS) is 29.1. The summed E-state index contributed by atoms with van der Waals surface area (Å²) in [6, 6.07) is 9.29. The summed E-state index contributed by atoms with van der Waals surface area (Å²) >= 11 is 0. The van der Waals surface area contributed by atoms with E-state index in [2.05, 4.69) is 43.0 Å². The summed E-state index contributed by atoms with van der Waals surface area (Å²) in [5.74, 6) is 0.643. The number of hydrogen-bond acceptors (Lipinski definition) is 2. The van der Waals surface area contributed by atoms with Crippen molar-refractivity contribution in [2.75, 3.05) is 18.0 Å². The average Bonchev–Trinajstić information content (AvgIpc) is 2.43. The molecule has 0 amide bonds. The first-order valence-electron chi connectivity index (χ1n) is 8.14. The standard InChI is InChI=1S/C18H28N2/c1-18(2)10-9-16(19)15(12-18)13-20-11-5-7-14-6-3-4-8-17(14)20/h3-4,6,8,15-16H,5,7,9-13,19H2,1-2H3. The molecule has 1 aromatic rings. The molecule has 0 aromatic heterocycles. The summed E-state index contributed by atoms with van der Waals surface area (Å²) in [4.78, 5) is 2.59. The molecule has 1 aliphatic heterocycles. The predicted molar refractivity (Wildman–Crippen MR) is 86.1 cm³/mol. The zero-order valence-corrected chi connectivity index (χ0v) is 12.9.